The van der Waals surface area contributed by atoms with E-state index in [-0.39, 0.29) is 17.7 Å². The second-order valence-corrected chi connectivity index (χ2v) is 6.69. The van der Waals surface area contributed by atoms with Crippen LogP contribution >= 0.6 is 11.3 Å². The highest BCUT2D eigenvalue weighted by molar-refractivity contribution is 7.09. The van der Waals surface area contributed by atoms with Gasteiger partial charge in [-0.15, -0.1) is 11.3 Å². The Balaban J connectivity index is 1.48. The van der Waals surface area contributed by atoms with E-state index in [1.165, 1.54) is 12.8 Å². The average Bonchev–Trinajstić information content (AvgIpc) is 3.02. The van der Waals surface area contributed by atoms with E-state index < -0.39 is 0 Å². The Morgan fingerprint density at radius 1 is 1.55 bits per heavy atom. The molecule has 2 heterocycles. The SMILES string of the molecule is Cc1csc(CNC(=O)[C@@H]2CC(=O)N(CC3CC3)C2)n1. The van der Waals surface area contributed by atoms with Gasteiger partial charge in [-0.25, -0.2) is 4.98 Å². The van der Waals surface area contributed by atoms with Gasteiger partial charge in [0.1, 0.15) is 5.01 Å². The maximum atomic E-state index is 12.1. The zero-order valence-corrected chi connectivity index (χ0v) is 12.4. The van der Waals surface area contributed by atoms with Crippen molar-refractivity contribution in [1.82, 2.24) is 15.2 Å². The second-order valence-electron chi connectivity index (χ2n) is 5.74. The van der Waals surface area contributed by atoms with Crippen LogP contribution in [0.1, 0.15) is 30.0 Å². The molecule has 1 N–H and O–H groups in total. The monoisotopic (exact) mass is 293 g/mol. The molecule has 2 aliphatic rings. The number of carbonyl (C=O) groups is 2. The molecule has 1 saturated heterocycles. The van der Waals surface area contributed by atoms with E-state index in [0.29, 0.717) is 25.4 Å². The molecule has 108 valence electrons. The number of amides is 2. The third-order valence-electron chi connectivity index (χ3n) is 3.84. The quantitative estimate of drug-likeness (QED) is 0.891. The van der Waals surface area contributed by atoms with Crippen molar-refractivity contribution in [2.75, 3.05) is 13.1 Å². The maximum absolute atomic E-state index is 12.1. The van der Waals surface area contributed by atoms with Gasteiger partial charge < -0.3 is 10.2 Å². The van der Waals surface area contributed by atoms with Crippen LogP contribution in [0.2, 0.25) is 0 Å². The topological polar surface area (TPSA) is 62.3 Å². The molecule has 5 nitrogen and oxygen atoms in total. The summed E-state index contributed by atoms with van der Waals surface area (Å²) in [7, 11) is 0. The Hall–Kier alpha value is -1.43. The molecular weight excluding hydrogens is 274 g/mol. The van der Waals surface area contributed by atoms with Gasteiger partial charge in [-0.05, 0) is 25.7 Å². The van der Waals surface area contributed by atoms with Gasteiger partial charge in [-0.1, -0.05) is 0 Å². The number of hydrogen-bond acceptors (Lipinski definition) is 4. The normalized spacial score (nSPS) is 22.4. The number of carbonyl (C=O) groups excluding carboxylic acids is 2. The van der Waals surface area contributed by atoms with Crippen molar-refractivity contribution in [3.8, 4) is 0 Å². The van der Waals surface area contributed by atoms with Gasteiger partial charge in [0, 0.05) is 30.6 Å². The molecule has 20 heavy (non-hydrogen) atoms. The van der Waals surface area contributed by atoms with Crippen LogP contribution in [0.5, 0.6) is 0 Å². The first-order valence-corrected chi connectivity index (χ1v) is 7.96. The predicted molar refractivity (Wildman–Crippen MR) is 76.1 cm³/mol. The largest absolute Gasteiger partial charge is 0.349 e. The summed E-state index contributed by atoms with van der Waals surface area (Å²) in [5, 5.41) is 5.78. The van der Waals surface area contributed by atoms with Gasteiger partial charge in [0.25, 0.3) is 0 Å². The van der Waals surface area contributed by atoms with Crippen LogP contribution in [0.4, 0.5) is 0 Å². The summed E-state index contributed by atoms with van der Waals surface area (Å²) in [5.74, 6) is 0.591. The van der Waals surface area contributed by atoms with Crippen LogP contribution in [-0.4, -0.2) is 34.8 Å². The lowest BCUT2D eigenvalue weighted by atomic mass is 10.1. The summed E-state index contributed by atoms with van der Waals surface area (Å²) in [5.41, 5.74) is 0.978. The highest BCUT2D eigenvalue weighted by atomic mass is 32.1. The minimum Gasteiger partial charge on any atom is -0.349 e. The van der Waals surface area contributed by atoms with Crippen LogP contribution in [0, 0.1) is 18.8 Å². The Kier molecular flexibility index (Phi) is 3.74. The fraction of sp³-hybridized carbons (Fsp3) is 0.643. The molecule has 0 radical (unpaired) electrons. The third kappa shape index (κ3) is 3.17. The fourth-order valence-corrected chi connectivity index (χ4v) is 3.24. The lowest BCUT2D eigenvalue weighted by Crippen LogP contribution is -2.33. The smallest absolute Gasteiger partial charge is 0.225 e. The van der Waals surface area contributed by atoms with Gasteiger partial charge >= 0.3 is 0 Å². The van der Waals surface area contributed by atoms with E-state index in [9.17, 15) is 9.59 Å². The molecule has 0 unspecified atom stereocenters. The Morgan fingerprint density at radius 3 is 3.00 bits per heavy atom. The lowest BCUT2D eigenvalue weighted by molar-refractivity contribution is -0.129. The van der Waals surface area contributed by atoms with Crippen LogP contribution in [0.3, 0.4) is 0 Å². The van der Waals surface area contributed by atoms with Gasteiger partial charge in [0.05, 0.1) is 12.5 Å². The molecule has 0 bridgehead atoms. The molecule has 1 saturated carbocycles. The number of aryl methyl sites for hydroxylation is 1. The zero-order valence-electron chi connectivity index (χ0n) is 11.6. The molecule has 1 atom stereocenters. The van der Waals surface area contributed by atoms with Crippen molar-refractivity contribution in [2.45, 2.75) is 32.7 Å². The lowest BCUT2D eigenvalue weighted by Gasteiger charge is -2.15. The van der Waals surface area contributed by atoms with E-state index in [4.69, 9.17) is 0 Å². The first kappa shape index (κ1) is 13.5. The molecule has 3 rings (SSSR count). The molecule has 1 aliphatic carbocycles. The molecule has 0 aromatic carbocycles. The van der Waals surface area contributed by atoms with E-state index in [0.717, 1.165) is 17.2 Å². The summed E-state index contributed by atoms with van der Waals surface area (Å²) in [6.07, 6.45) is 2.81. The highest BCUT2D eigenvalue weighted by Gasteiger charge is 2.36. The van der Waals surface area contributed by atoms with Crippen LogP contribution in [0.15, 0.2) is 5.38 Å². The Bertz CT molecular complexity index is 524. The summed E-state index contributed by atoms with van der Waals surface area (Å²) in [4.78, 5) is 30.1. The maximum Gasteiger partial charge on any atom is 0.225 e. The van der Waals surface area contributed by atoms with E-state index in [2.05, 4.69) is 10.3 Å². The minimum atomic E-state index is -0.192. The van der Waals surface area contributed by atoms with Gasteiger partial charge in [0.2, 0.25) is 11.8 Å². The molecule has 1 aromatic rings. The summed E-state index contributed by atoms with van der Waals surface area (Å²) < 4.78 is 0. The second kappa shape index (κ2) is 5.52. The third-order valence-corrected chi connectivity index (χ3v) is 4.81. The Labute approximate surface area is 122 Å². The minimum absolute atomic E-state index is 0.0236. The van der Waals surface area contributed by atoms with Crippen molar-refractivity contribution < 1.29 is 9.59 Å². The highest BCUT2D eigenvalue weighted by Crippen LogP contribution is 2.32. The first-order chi connectivity index (χ1) is 9.61. The number of hydrogen-bond donors (Lipinski definition) is 1. The standard InChI is InChI=1S/C14H19N3O2S/c1-9-8-20-12(16-9)5-15-14(19)11-4-13(18)17(7-11)6-10-2-3-10/h8,10-11H,2-7H2,1H3,(H,15,19)/t11-/m1/s1. The van der Waals surface area contributed by atoms with Crippen LogP contribution < -0.4 is 5.32 Å². The predicted octanol–water partition coefficient (Wildman–Crippen LogP) is 1.33. The van der Waals surface area contributed by atoms with E-state index in [1.54, 1.807) is 11.3 Å². The summed E-state index contributed by atoms with van der Waals surface area (Å²) >= 11 is 1.55. The first-order valence-electron chi connectivity index (χ1n) is 7.08. The van der Waals surface area contributed by atoms with Crippen molar-refractivity contribution in [1.29, 1.82) is 0 Å². The summed E-state index contributed by atoms with van der Waals surface area (Å²) in [6.45, 7) is 3.82. The number of nitrogens with zero attached hydrogens (tertiary/aromatic N) is 2. The number of nitrogens with one attached hydrogen (secondary N) is 1. The molecule has 2 amide bonds. The van der Waals surface area contributed by atoms with Crippen molar-refractivity contribution in [3.05, 3.63) is 16.1 Å². The number of thiazole rings is 1. The van der Waals surface area contributed by atoms with Gasteiger partial charge in [-0.3, -0.25) is 9.59 Å². The average molecular weight is 293 g/mol. The van der Waals surface area contributed by atoms with Crippen molar-refractivity contribution >= 4 is 23.2 Å². The zero-order chi connectivity index (χ0) is 14.1. The van der Waals surface area contributed by atoms with Gasteiger partial charge in [-0.2, -0.15) is 0 Å². The molecule has 0 spiro atoms. The molecule has 2 fully saturated rings. The molecule has 1 aromatic heterocycles. The van der Waals surface area contributed by atoms with Crippen LogP contribution in [0.25, 0.3) is 0 Å². The molecular formula is C14H19N3O2S. The molecule has 1 aliphatic heterocycles. The van der Waals surface area contributed by atoms with E-state index >= 15 is 0 Å². The van der Waals surface area contributed by atoms with Crippen molar-refractivity contribution in [3.63, 3.8) is 0 Å². The summed E-state index contributed by atoms with van der Waals surface area (Å²) in [6, 6.07) is 0. The molecule has 6 heteroatoms. The Morgan fingerprint density at radius 2 is 2.35 bits per heavy atom. The van der Waals surface area contributed by atoms with Crippen molar-refractivity contribution in [2.24, 2.45) is 11.8 Å². The van der Waals surface area contributed by atoms with Gasteiger partial charge in [0.15, 0.2) is 0 Å². The number of likely N-dealkylation sites (tertiary alicyclic amines) is 1. The number of aromatic nitrogens is 1. The van der Waals surface area contributed by atoms with Crippen LogP contribution in [-0.2, 0) is 16.1 Å². The van der Waals surface area contributed by atoms with E-state index in [1.807, 2.05) is 17.2 Å². The fourth-order valence-electron chi connectivity index (χ4n) is 2.53. The number of rotatable bonds is 5.